The van der Waals surface area contributed by atoms with Crippen molar-refractivity contribution in [3.63, 3.8) is 0 Å². The maximum Gasteiger partial charge on any atom is 0.256 e. The van der Waals surface area contributed by atoms with Gasteiger partial charge in [-0.1, -0.05) is 0 Å². The van der Waals surface area contributed by atoms with Crippen LogP contribution in [0, 0.1) is 5.41 Å². The third-order valence-corrected chi connectivity index (χ3v) is 4.18. The zero-order valence-corrected chi connectivity index (χ0v) is 9.42. The normalized spacial score (nSPS) is 26.4. The molecule has 2 nitrogen and oxygen atoms in total. The molecule has 0 amide bonds. The average Bonchev–Trinajstić information content (AvgIpc) is 2.55. The van der Waals surface area contributed by atoms with E-state index >= 15 is 0 Å². The number of alkyl halides is 2. The van der Waals surface area contributed by atoms with Gasteiger partial charge in [-0.2, -0.15) is 0 Å². The average molecular weight is 226 g/mol. The van der Waals surface area contributed by atoms with Gasteiger partial charge >= 0.3 is 0 Å². The van der Waals surface area contributed by atoms with E-state index in [2.05, 4.69) is 4.90 Å². The van der Waals surface area contributed by atoms with Crippen molar-refractivity contribution in [2.75, 3.05) is 13.1 Å². The van der Waals surface area contributed by atoms with Crippen molar-refractivity contribution in [3.05, 3.63) is 24.0 Å². The molecule has 1 saturated heterocycles. The number of rotatable bonds is 2. The second-order valence-electron chi connectivity index (χ2n) is 5.24. The molecule has 1 aliphatic carbocycles. The highest BCUT2D eigenvalue weighted by atomic mass is 19.3. The lowest BCUT2D eigenvalue weighted by Gasteiger charge is -2.60. The van der Waals surface area contributed by atoms with Crippen molar-refractivity contribution in [1.29, 1.82) is 0 Å². The quantitative estimate of drug-likeness (QED) is 0.751. The smallest absolute Gasteiger partial charge is 0.256 e. The van der Waals surface area contributed by atoms with Crippen LogP contribution in [0.25, 0.3) is 0 Å². The summed E-state index contributed by atoms with van der Waals surface area (Å²) in [5.41, 5.74) is 0.524. The molecule has 0 aromatic carbocycles. The Morgan fingerprint density at radius 1 is 1.31 bits per heavy atom. The number of nitrogens with zero attached hydrogens (tertiary/aromatic N) is 2. The molecule has 2 fully saturated rings. The summed E-state index contributed by atoms with van der Waals surface area (Å²) in [6.45, 7) is 1.91. The summed E-state index contributed by atoms with van der Waals surface area (Å²) >= 11 is 0. The lowest BCUT2D eigenvalue weighted by atomic mass is 9.60. The Balaban J connectivity index is 1.61. The molecule has 1 spiro atoms. The van der Waals surface area contributed by atoms with Crippen LogP contribution in [0.5, 0.6) is 0 Å². The van der Waals surface area contributed by atoms with E-state index in [9.17, 15) is 8.78 Å². The first-order valence-corrected chi connectivity index (χ1v) is 5.73. The van der Waals surface area contributed by atoms with Gasteiger partial charge in [0.2, 0.25) is 0 Å². The largest absolute Gasteiger partial charge is 0.353 e. The maximum absolute atomic E-state index is 13.3. The van der Waals surface area contributed by atoms with Gasteiger partial charge in [0.15, 0.2) is 0 Å². The molecule has 16 heavy (non-hydrogen) atoms. The van der Waals surface area contributed by atoms with Gasteiger partial charge in [-0.15, -0.1) is 0 Å². The van der Waals surface area contributed by atoms with Gasteiger partial charge in [0.05, 0.1) is 5.41 Å². The van der Waals surface area contributed by atoms with Gasteiger partial charge in [-0.05, 0) is 18.6 Å². The van der Waals surface area contributed by atoms with Crippen LogP contribution in [-0.4, -0.2) is 28.5 Å². The number of aromatic nitrogens is 1. The second kappa shape index (κ2) is 3.06. The topological polar surface area (TPSA) is 8.17 Å². The first-order valence-electron chi connectivity index (χ1n) is 5.73. The van der Waals surface area contributed by atoms with Gasteiger partial charge in [0, 0.05) is 45.0 Å². The zero-order chi connectivity index (χ0) is 11.4. The molecule has 2 aliphatic rings. The molecule has 3 rings (SSSR count). The molecule has 88 valence electrons. The fourth-order valence-corrected chi connectivity index (χ4v) is 2.87. The number of hydrogen-bond acceptors (Lipinski definition) is 1. The fourth-order valence-electron chi connectivity index (χ4n) is 2.87. The number of likely N-dealkylation sites (tertiary alicyclic amines) is 1. The Kier molecular flexibility index (Phi) is 1.97. The van der Waals surface area contributed by atoms with Gasteiger partial charge < -0.3 is 4.57 Å². The van der Waals surface area contributed by atoms with E-state index in [4.69, 9.17) is 0 Å². The van der Waals surface area contributed by atoms with Crippen LogP contribution in [0.1, 0.15) is 18.5 Å². The number of halogens is 2. The summed E-state index contributed by atoms with van der Waals surface area (Å²) in [5, 5.41) is 0. The molecule has 1 aromatic rings. The van der Waals surface area contributed by atoms with E-state index < -0.39 is 11.3 Å². The lowest BCUT2D eigenvalue weighted by Crippen LogP contribution is -2.69. The van der Waals surface area contributed by atoms with Crippen LogP contribution >= 0.6 is 0 Å². The van der Waals surface area contributed by atoms with Gasteiger partial charge in [0.25, 0.3) is 5.92 Å². The van der Waals surface area contributed by atoms with Gasteiger partial charge in [0.1, 0.15) is 0 Å². The molecule has 0 bridgehead atoms. The minimum absolute atomic E-state index is 0.0883. The Bertz CT molecular complexity index is 405. The van der Waals surface area contributed by atoms with Crippen LogP contribution in [0.3, 0.4) is 0 Å². The van der Waals surface area contributed by atoms with Gasteiger partial charge in [-0.25, -0.2) is 8.78 Å². The van der Waals surface area contributed by atoms with Crippen molar-refractivity contribution in [3.8, 4) is 0 Å². The van der Waals surface area contributed by atoms with Crippen LogP contribution in [0.15, 0.2) is 18.3 Å². The van der Waals surface area contributed by atoms with E-state index in [1.165, 1.54) is 5.69 Å². The summed E-state index contributed by atoms with van der Waals surface area (Å²) in [7, 11) is 1.99. The van der Waals surface area contributed by atoms with E-state index in [0.717, 1.165) is 6.54 Å². The van der Waals surface area contributed by atoms with Crippen molar-refractivity contribution in [1.82, 2.24) is 9.47 Å². The third kappa shape index (κ3) is 1.25. The summed E-state index contributed by atoms with van der Waals surface area (Å²) in [5.74, 6) is -2.41. The van der Waals surface area contributed by atoms with Crippen molar-refractivity contribution >= 4 is 0 Å². The molecule has 1 aliphatic heterocycles. The Morgan fingerprint density at radius 2 is 2.06 bits per heavy atom. The molecule has 0 atom stereocenters. The van der Waals surface area contributed by atoms with Crippen molar-refractivity contribution < 1.29 is 8.78 Å². The van der Waals surface area contributed by atoms with Crippen LogP contribution < -0.4 is 0 Å². The molecule has 1 saturated carbocycles. The molecule has 0 N–H and O–H groups in total. The predicted octanol–water partition coefficient (Wildman–Crippen LogP) is 2.26. The zero-order valence-electron chi connectivity index (χ0n) is 9.42. The highest BCUT2D eigenvalue weighted by Gasteiger charge is 2.66. The highest BCUT2D eigenvalue weighted by Crippen LogP contribution is 2.58. The minimum Gasteiger partial charge on any atom is -0.353 e. The first kappa shape index (κ1) is 10.3. The van der Waals surface area contributed by atoms with E-state index in [-0.39, 0.29) is 6.42 Å². The highest BCUT2D eigenvalue weighted by molar-refractivity contribution is 5.14. The van der Waals surface area contributed by atoms with E-state index in [1.54, 1.807) is 0 Å². The van der Waals surface area contributed by atoms with Crippen LogP contribution in [0.2, 0.25) is 0 Å². The van der Waals surface area contributed by atoms with Crippen molar-refractivity contribution in [2.45, 2.75) is 25.3 Å². The number of hydrogen-bond donors (Lipinski definition) is 0. The summed E-state index contributed by atoms with van der Waals surface area (Å²) in [6.07, 6.45) is 2.78. The number of aryl methyl sites for hydroxylation is 1. The molecule has 0 unspecified atom stereocenters. The van der Waals surface area contributed by atoms with Gasteiger partial charge in [-0.3, -0.25) is 4.90 Å². The Hall–Kier alpha value is -0.900. The summed E-state index contributed by atoms with van der Waals surface area (Å²) < 4.78 is 28.7. The third-order valence-electron chi connectivity index (χ3n) is 4.18. The van der Waals surface area contributed by atoms with Crippen LogP contribution in [0.4, 0.5) is 8.78 Å². The fraction of sp³-hybridized carbons (Fsp3) is 0.667. The van der Waals surface area contributed by atoms with Crippen LogP contribution in [-0.2, 0) is 13.6 Å². The minimum atomic E-state index is -2.41. The SMILES string of the molecule is Cn1cccc1CN1CC2(CCC2(F)F)C1. The molecule has 4 heteroatoms. The lowest BCUT2D eigenvalue weighted by molar-refractivity contribution is -0.260. The maximum atomic E-state index is 13.3. The Morgan fingerprint density at radius 3 is 2.50 bits per heavy atom. The molecule has 0 radical (unpaired) electrons. The Labute approximate surface area is 93.8 Å². The summed E-state index contributed by atoms with van der Waals surface area (Å²) in [4.78, 5) is 2.11. The first-order chi connectivity index (χ1) is 7.52. The van der Waals surface area contributed by atoms with Crippen molar-refractivity contribution in [2.24, 2.45) is 12.5 Å². The monoisotopic (exact) mass is 226 g/mol. The molecular formula is C12H16F2N2. The standard InChI is InChI=1S/C12H16F2N2/c1-15-6-2-3-10(15)7-16-8-11(9-16)4-5-12(11,13)14/h2-3,6H,4-5,7-9H2,1H3. The molecule has 2 heterocycles. The van der Waals surface area contributed by atoms with E-state index in [0.29, 0.717) is 19.5 Å². The second-order valence-corrected chi connectivity index (χ2v) is 5.24. The predicted molar refractivity (Wildman–Crippen MR) is 57.3 cm³/mol. The molecular weight excluding hydrogens is 210 g/mol. The molecule has 1 aromatic heterocycles. The summed E-state index contributed by atoms with van der Waals surface area (Å²) in [6, 6.07) is 4.03. The van der Waals surface area contributed by atoms with E-state index in [1.807, 2.05) is 29.9 Å².